The Kier molecular flexibility index (Phi) is 14.4. The number of carbonyl (C=O) groups is 2. The van der Waals surface area contributed by atoms with Crippen LogP contribution >= 0.6 is 0 Å². The Morgan fingerprint density at radius 3 is 2.35 bits per heavy atom. The van der Waals surface area contributed by atoms with Crippen LogP contribution < -0.4 is 10.2 Å². The molecule has 0 saturated carbocycles. The molecule has 0 spiro atoms. The van der Waals surface area contributed by atoms with Gasteiger partial charge in [0.2, 0.25) is 5.91 Å². The maximum Gasteiger partial charge on any atom is 0.335 e. The Morgan fingerprint density at radius 1 is 1.07 bits per heavy atom. The van der Waals surface area contributed by atoms with Gasteiger partial charge in [0.25, 0.3) is 0 Å². The summed E-state index contributed by atoms with van der Waals surface area (Å²) < 4.78 is 25.5. The summed E-state index contributed by atoms with van der Waals surface area (Å²) in [6.45, 7) is 11.0. The Balaban J connectivity index is 0.000000545. The first-order chi connectivity index (χ1) is 19.2. The first-order valence-corrected chi connectivity index (χ1v) is 16.2. The van der Waals surface area contributed by atoms with Crippen molar-refractivity contribution in [2.45, 2.75) is 85.1 Å². The fourth-order valence-electron chi connectivity index (χ4n) is 5.28. The van der Waals surface area contributed by atoms with Crippen molar-refractivity contribution in [1.29, 1.82) is 0 Å². The van der Waals surface area contributed by atoms with Crippen LogP contribution in [-0.2, 0) is 15.6 Å². The van der Waals surface area contributed by atoms with Crippen LogP contribution in [0.25, 0.3) is 0 Å². The molecule has 2 aromatic carbocycles. The monoisotopic (exact) mass is 574 g/mol. The fraction of sp³-hybridized carbons (Fsp3) is 0.562. The molecule has 1 amide bonds. The fourth-order valence-corrected chi connectivity index (χ4v) is 6.85. The second kappa shape index (κ2) is 17.2. The molecule has 4 rings (SSSR count). The van der Waals surface area contributed by atoms with Gasteiger partial charge >= 0.3 is 5.97 Å². The minimum Gasteiger partial charge on any atom is -0.478 e. The third-order valence-electron chi connectivity index (χ3n) is 7.36. The van der Waals surface area contributed by atoms with Gasteiger partial charge in [-0.3, -0.25) is 9.00 Å². The van der Waals surface area contributed by atoms with E-state index in [4.69, 9.17) is 0 Å². The van der Waals surface area contributed by atoms with E-state index in [0.29, 0.717) is 23.7 Å². The smallest absolute Gasteiger partial charge is 0.335 e. The zero-order valence-corrected chi connectivity index (χ0v) is 25.6. The van der Waals surface area contributed by atoms with Gasteiger partial charge in [-0.15, -0.1) is 0 Å². The topological polar surface area (TPSA) is 86.7 Å². The Bertz CT molecular complexity index is 1120. The van der Waals surface area contributed by atoms with Crippen molar-refractivity contribution in [3.8, 4) is 0 Å². The second-order valence-electron chi connectivity index (χ2n) is 10.3. The molecule has 0 bridgehead atoms. The van der Waals surface area contributed by atoms with Gasteiger partial charge in [-0.05, 0) is 47.7 Å². The molecule has 2 N–H and O–H groups in total. The lowest BCUT2D eigenvalue weighted by Gasteiger charge is -2.29. The van der Waals surface area contributed by atoms with Gasteiger partial charge in [0.05, 0.1) is 18.2 Å². The first kappa shape index (κ1) is 33.5. The number of amides is 1. The summed E-state index contributed by atoms with van der Waals surface area (Å²) in [5.74, 6) is -0.139. The van der Waals surface area contributed by atoms with Gasteiger partial charge in [0, 0.05) is 40.5 Å². The largest absolute Gasteiger partial charge is 0.478 e. The number of nitrogens with one attached hydrogen (secondary N) is 1. The van der Waals surface area contributed by atoms with Gasteiger partial charge < -0.3 is 15.3 Å². The highest BCUT2D eigenvalue weighted by molar-refractivity contribution is 7.85. The Morgan fingerprint density at radius 2 is 1.77 bits per heavy atom. The molecule has 0 radical (unpaired) electrons. The standard InChI is InChI=1S/C23H25FN2O4S.C7H16.C2H6/c1-14-19-6-5-17(23(28)29)10-20(19)26(22(14)16-3-2-4-18(24)9-16)12-21(27)25-11-15-7-8-31(30)13-15;1-3-5-7-6-4-2;1-2/h2-6,9-10,14-15,22H,7-8,11-13H2,1H3,(H,25,27)(H,28,29);3-7H2,1-2H3;1-2H3. The molecule has 4 unspecified atom stereocenters. The van der Waals surface area contributed by atoms with E-state index in [-0.39, 0.29) is 41.7 Å². The van der Waals surface area contributed by atoms with E-state index in [1.807, 2.05) is 31.7 Å². The number of benzene rings is 2. The molecule has 0 aliphatic carbocycles. The van der Waals surface area contributed by atoms with Crippen LogP contribution in [0.4, 0.5) is 10.1 Å². The van der Waals surface area contributed by atoms with Crippen LogP contribution in [-0.4, -0.2) is 45.8 Å². The summed E-state index contributed by atoms with van der Waals surface area (Å²) in [6.07, 6.45) is 7.85. The highest BCUT2D eigenvalue weighted by Crippen LogP contribution is 2.49. The van der Waals surface area contributed by atoms with Crippen LogP contribution in [0.2, 0.25) is 0 Å². The van der Waals surface area contributed by atoms with Gasteiger partial charge in [-0.1, -0.05) is 84.9 Å². The number of anilines is 1. The number of carbonyl (C=O) groups excluding carboxylic acids is 1. The van der Waals surface area contributed by atoms with Crippen molar-refractivity contribution in [2.24, 2.45) is 5.92 Å². The normalized spacial score (nSPS) is 21.0. The predicted molar refractivity (Wildman–Crippen MR) is 163 cm³/mol. The van der Waals surface area contributed by atoms with Crippen molar-refractivity contribution in [3.05, 3.63) is 65.0 Å². The zero-order chi connectivity index (χ0) is 29.7. The molecule has 222 valence electrons. The molecule has 4 atom stereocenters. The highest BCUT2D eigenvalue weighted by atomic mass is 32.2. The number of halogens is 1. The molecule has 1 fully saturated rings. The van der Waals surface area contributed by atoms with E-state index in [0.717, 1.165) is 17.5 Å². The van der Waals surface area contributed by atoms with Crippen LogP contribution in [0.15, 0.2) is 42.5 Å². The number of carboxylic acids is 1. The van der Waals surface area contributed by atoms with Crippen LogP contribution in [0.5, 0.6) is 0 Å². The summed E-state index contributed by atoms with van der Waals surface area (Å²) in [7, 11) is -0.799. The average Bonchev–Trinajstić information content (AvgIpc) is 3.49. The minimum absolute atomic E-state index is 0.0252. The minimum atomic E-state index is -1.04. The van der Waals surface area contributed by atoms with Crippen LogP contribution in [0.3, 0.4) is 0 Å². The number of unbranched alkanes of at least 4 members (excludes halogenated alkanes) is 4. The third kappa shape index (κ3) is 9.43. The maximum absolute atomic E-state index is 14.0. The molecule has 0 aromatic heterocycles. The Labute approximate surface area is 242 Å². The number of hydrogen-bond acceptors (Lipinski definition) is 4. The lowest BCUT2D eigenvalue weighted by atomic mass is 9.91. The lowest BCUT2D eigenvalue weighted by Crippen LogP contribution is -2.40. The zero-order valence-electron chi connectivity index (χ0n) is 24.7. The number of nitrogens with zero attached hydrogens (tertiary/aromatic N) is 1. The molecule has 2 aliphatic heterocycles. The highest BCUT2D eigenvalue weighted by Gasteiger charge is 2.38. The van der Waals surface area contributed by atoms with Crippen molar-refractivity contribution in [1.82, 2.24) is 5.32 Å². The van der Waals surface area contributed by atoms with Crippen molar-refractivity contribution < 1.29 is 23.3 Å². The summed E-state index contributed by atoms with van der Waals surface area (Å²) in [5, 5.41) is 12.4. The quantitative estimate of drug-likeness (QED) is 0.296. The molecular formula is C32H47FN2O4S. The van der Waals surface area contributed by atoms with Gasteiger partial charge in [-0.25, -0.2) is 9.18 Å². The molecule has 6 nitrogen and oxygen atoms in total. The maximum atomic E-state index is 14.0. The number of carboxylic acid groups (broad SMARTS) is 1. The molecule has 1 saturated heterocycles. The van der Waals surface area contributed by atoms with E-state index in [9.17, 15) is 23.3 Å². The number of rotatable bonds is 10. The SMILES string of the molecule is CC.CC1c2ccc(C(=O)O)cc2N(CC(=O)NCC2CCS(=O)C2)C1c1cccc(F)c1.CCCCCCC. The predicted octanol–water partition coefficient (Wildman–Crippen LogP) is 7.08. The second-order valence-corrected chi connectivity index (χ2v) is 11.9. The van der Waals surface area contributed by atoms with E-state index in [2.05, 4.69) is 19.2 Å². The molecule has 8 heteroatoms. The summed E-state index contributed by atoms with van der Waals surface area (Å²) >= 11 is 0. The molecule has 40 heavy (non-hydrogen) atoms. The third-order valence-corrected chi connectivity index (χ3v) is 8.90. The van der Waals surface area contributed by atoms with Crippen LogP contribution in [0, 0.1) is 11.7 Å². The van der Waals surface area contributed by atoms with Gasteiger partial charge in [0.1, 0.15) is 5.82 Å². The molecule has 2 aromatic rings. The summed E-state index contributed by atoms with van der Waals surface area (Å²) in [4.78, 5) is 26.2. The van der Waals surface area contributed by atoms with E-state index in [1.165, 1.54) is 44.2 Å². The van der Waals surface area contributed by atoms with E-state index >= 15 is 0 Å². The number of hydrogen-bond donors (Lipinski definition) is 2. The Hall–Kier alpha value is -2.74. The van der Waals surface area contributed by atoms with Crippen LogP contribution in [0.1, 0.15) is 107 Å². The van der Waals surface area contributed by atoms with E-state index < -0.39 is 16.8 Å². The average molecular weight is 575 g/mol. The summed E-state index contributed by atoms with van der Waals surface area (Å²) in [5.41, 5.74) is 2.49. The lowest BCUT2D eigenvalue weighted by molar-refractivity contribution is -0.120. The van der Waals surface area contributed by atoms with E-state index in [1.54, 1.807) is 24.3 Å². The van der Waals surface area contributed by atoms with Gasteiger partial charge in [-0.2, -0.15) is 0 Å². The summed E-state index contributed by atoms with van der Waals surface area (Å²) in [6, 6.07) is 10.9. The van der Waals surface area contributed by atoms with Crippen molar-refractivity contribution >= 4 is 28.4 Å². The molecular weight excluding hydrogens is 527 g/mol. The van der Waals surface area contributed by atoms with Crippen molar-refractivity contribution in [2.75, 3.05) is 29.5 Å². The number of fused-ring (bicyclic) bond motifs is 1. The van der Waals surface area contributed by atoms with Crippen molar-refractivity contribution in [3.63, 3.8) is 0 Å². The molecule has 2 aliphatic rings. The van der Waals surface area contributed by atoms with Gasteiger partial charge in [0.15, 0.2) is 0 Å². The number of aromatic carboxylic acids is 1. The molecule has 2 heterocycles. The first-order valence-electron chi connectivity index (χ1n) is 14.8.